The highest BCUT2D eigenvalue weighted by atomic mass is 32.2. The van der Waals surface area contributed by atoms with Crippen LogP contribution in [-0.2, 0) is 0 Å². The Morgan fingerprint density at radius 1 is 1.83 bits per heavy atom. The first-order valence-corrected chi connectivity index (χ1v) is 2.99. The van der Waals surface area contributed by atoms with Gasteiger partial charge in [0.15, 0.2) is 0 Å². The van der Waals surface area contributed by atoms with Crippen LogP contribution >= 0.6 is 11.9 Å². The molecule has 1 atom stereocenters. The van der Waals surface area contributed by atoms with Crippen molar-refractivity contribution >= 4 is 11.9 Å². The summed E-state index contributed by atoms with van der Waals surface area (Å²) in [5, 5.41) is 3.17. The van der Waals surface area contributed by atoms with Crippen molar-refractivity contribution in [2.24, 2.45) is 0 Å². The van der Waals surface area contributed by atoms with Crippen LogP contribution in [-0.4, -0.2) is 12.0 Å². The Balaban J connectivity index is 2.18. The Bertz CT molecular complexity index is 42.1. The number of hydrogen-bond acceptors (Lipinski definition) is 3. The molecule has 0 aromatic rings. The fraction of sp³-hybridized carbons (Fsp3) is 1.00. The van der Waals surface area contributed by atoms with E-state index < -0.39 is 0 Å². The van der Waals surface area contributed by atoms with E-state index in [9.17, 15) is 0 Å². The molecule has 0 saturated carbocycles. The maximum atomic E-state index is 3.17. The minimum absolute atomic E-state index is 0.509. The van der Waals surface area contributed by atoms with E-state index >= 15 is 0 Å². The minimum Gasteiger partial charge on any atom is -0.291 e. The third-order valence-corrected chi connectivity index (χ3v) is 1.55. The lowest BCUT2D eigenvalue weighted by Crippen LogP contribution is -2.25. The molecule has 1 aliphatic rings. The highest BCUT2D eigenvalue weighted by Gasteiger charge is 2.04. The van der Waals surface area contributed by atoms with Crippen molar-refractivity contribution in [2.45, 2.75) is 13.1 Å². The van der Waals surface area contributed by atoms with Crippen molar-refractivity contribution in [1.82, 2.24) is 10.0 Å². The predicted molar refractivity (Wildman–Crippen MR) is 28.2 cm³/mol. The SMILES string of the molecule is C[C@@H]1NCSN1. The highest BCUT2D eigenvalue weighted by Crippen LogP contribution is 1.98. The van der Waals surface area contributed by atoms with Crippen molar-refractivity contribution in [2.75, 3.05) is 5.88 Å². The number of nitrogens with one attached hydrogen (secondary N) is 2. The molecule has 0 spiro atoms. The fourth-order valence-electron chi connectivity index (χ4n) is 0.375. The van der Waals surface area contributed by atoms with Crippen LogP contribution in [0.2, 0.25) is 0 Å². The molecule has 36 valence electrons. The van der Waals surface area contributed by atoms with Gasteiger partial charge in [-0.15, -0.1) is 0 Å². The molecule has 3 heteroatoms. The summed E-state index contributed by atoms with van der Waals surface area (Å²) in [6, 6.07) is 0. The lowest BCUT2D eigenvalue weighted by molar-refractivity contribution is 0.623. The van der Waals surface area contributed by atoms with E-state index in [1.807, 2.05) is 0 Å². The van der Waals surface area contributed by atoms with Gasteiger partial charge in [0, 0.05) is 0 Å². The quantitative estimate of drug-likeness (QED) is 0.427. The second-order valence-corrected chi connectivity index (χ2v) is 2.15. The average Bonchev–Trinajstić information content (AvgIpc) is 1.86. The van der Waals surface area contributed by atoms with Gasteiger partial charge < -0.3 is 0 Å². The zero-order chi connectivity index (χ0) is 4.41. The average molecular weight is 104 g/mol. The molecule has 1 aliphatic heterocycles. The zero-order valence-corrected chi connectivity index (χ0v) is 4.51. The van der Waals surface area contributed by atoms with Gasteiger partial charge in [0.2, 0.25) is 0 Å². The molecule has 0 aromatic carbocycles. The molecule has 0 amide bonds. The molecule has 0 bridgehead atoms. The monoisotopic (exact) mass is 104 g/mol. The maximum Gasteiger partial charge on any atom is 0.0645 e. The van der Waals surface area contributed by atoms with Gasteiger partial charge in [-0.25, -0.2) is 4.72 Å². The smallest absolute Gasteiger partial charge is 0.0645 e. The summed E-state index contributed by atoms with van der Waals surface area (Å²) in [4.78, 5) is 0. The van der Waals surface area contributed by atoms with Crippen molar-refractivity contribution in [3.05, 3.63) is 0 Å². The van der Waals surface area contributed by atoms with Gasteiger partial charge in [-0.3, -0.25) is 5.32 Å². The molecule has 0 unspecified atom stereocenters. The Kier molecular flexibility index (Phi) is 1.34. The molecule has 1 saturated heterocycles. The van der Waals surface area contributed by atoms with Gasteiger partial charge in [-0.1, -0.05) is 11.9 Å². The standard InChI is InChI=1S/C3H8N2S/c1-3-4-2-6-5-3/h3-5H,2H2,1H3/t3-/m1/s1. The van der Waals surface area contributed by atoms with Crippen LogP contribution in [0.4, 0.5) is 0 Å². The van der Waals surface area contributed by atoms with Gasteiger partial charge in [-0.2, -0.15) is 0 Å². The van der Waals surface area contributed by atoms with Crippen LogP contribution in [0.25, 0.3) is 0 Å². The van der Waals surface area contributed by atoms with Crippen LogP contribution in [0.5, 0.6) is 0 Å². The van der Waals surface area contributed by atoms with Crippen molar-refractivity contribution in [1.29, 1.82) is 0 Å². The lowest BCUT2D eigenvalue weighted by Gasteiger charge is -1.95. The summed E-state index contributed by atoms with van der Waals surface area (Å²) in [5.41, 5.74) is 0. The normalized spacial score (nSPS) is 34.5. The molecule has 6 heavy (non-hydrogen) atoms. The first-order chi connectivity index (χ1) is 2.89. The van der Waals surface area contributed by atoms with E-state index in [0.29, 0.717) is 6.17 Å². The first-order valence-electron chi connectivity index (χ1n) is 2.00. The molecule has 1 rings (SSSR count). The van der Waals surface area contributed by atoms with E-state index in [4.69, 9.17) is 0 Å². The van der Waals surface area contributed by atoms with Crippen molar-refractivity contribution in [3.63, 3.8) is 0 Å². The lowest BCUT2D eigenvalue weighted by atomic mass is 10.6. The third kappa shape index (κ3) is 0.864. The van der Waals surface area contributed by atoms with E-state index in [-0.39, 0.29) is 0 Å². The first kappa shape index (κ1) is 4.43. The molecule has 1 heterocycles. The highest BCUT2D eigenvalue weighted by molar-refractivity contribution is 7.97. The Labute approximate surface area is 41.8 Å². The largest absolute Gasteiger partial charge is 0.291 e. The molecular weight excluding hydrogens is 96.1 g/mol. The summed E-state index contributed by atoms with van der Waals surface area (Å²) in [6.07, 6.45) is 0.509. The molecule has 0 radical (unpaired) electrons. The summed E-state index contributed by atoms with van der Waals surface area (Å²) >= 11 is 1.72. The van der Waals surface area contributed by atoms with Gasteiger partial charge in [0.1, 0.15) is 0 Å². The molecule has 0 aromatic heterocycles. The van der Waals surface area contributed by atoms with Crippen molar-refractivity contribution < 1.29 is 0 Å². The summed E-state index contributed by atoms with van der Waals surface area (Å²) in [5.74, 6) is 1.04. The second-order valence-electron chi connectivity index (χ2n) is 1.33. The minimum atomic E-state index is 0.509. The molecule has 1 fully saturated rings. The summed E-state index contributed by atoms with van der Waals surface area (Å²) in [7, 11) is 0. The second kappa shape index (κ2) is 1.82. The van der Waals surface area contributed by atoms with Gasteiger partial charge in [-0.05, 0) is 6.92 Å². The molecule has 2 N–H and O–H groups in total. The van der Waals surface area contributed by atoms with E-state index in [0.717, 1.165) is 5.88 Å². The Hall–Kier alpha value is 0.270. The Morgan fingerprint density at radius 3 is 2.83 bits per heavy atom. The molecule has 2 nitrogen and oxygen atoms in total. The van der Waals surface area contributed by atoms with Gasteiger partial charge in [0.25, 0.3) is 0 Å². The van der Waals surface area contributed by atoms with E-state index in [1.165, 1.54) is 0 Å². The number of rotatable bonds is 0. The third-order valence-electron chi connectivity index (χ3n) is 0.722. The number of hydrogen-bond donors (Lipinski definition) is 2. The summed E-state index contributed by atoms with van der Waals surface area (Å²) in [6.45, 7) is 2.10. The predicted octanol–water partition coefficient (Wildman–Crippen LogP) is 0.131. The van der Waals surface area contributed by atoms with Crippen LogP contribution in [0, 0.1) is 0 Å². The van der Waals surface area contributed by atoms with Gasteiger partial charge >= 0.3 is 0 Å². The maximum absolute atomic E-state index is 3.17. The van der Waals surface area contributed by atoms with Crippen LogP contribution in [0.3, 0.4) is 0 Å². The Morgan fingerprint density at radius 2 is 2.67 bits per heavy atom. The van der Waals surface area contributed by atoms with Crippen LogP contribution in [0.1, 0.15) is 6.92 Å². The topological polar surface area (TPSA) is 24.1 Å². The summed E-state index contributed by atoms with van der Waals surface area (Å²) < 4.78 is 3.12. The zero-order valence-electron chi connectivity index (χ0n) is 3.69. The van der Waals surface area contributed by atoms with Crippen LogP contribution < -0.4 is 10.0 Å². The fourth-order valence-corrected chi connectivity index (χ4v) is 1.12. The van der Waals surface area contributed by atoms with Crippen molar-refractivity contribution in [3.8, 4) is 0 Å². The molecular formula is C3H8N2S. The van der Waals surface area contributed by atoms with E-state index in [1.54, 1.807) is 11.9 Å². The van der Waals surface area contributed by atoms with Crippen LogP contribution in [0.15, 0.2) is 0 Å². The van der Waals surface area contributed by atoms with E-state index in [2.05, 4.69) is 17.0 Å². The van der Waals surface area contributed by atoms with Gasteiger partial charge in [0.05, 0.1) is 12.0 Å². The molecule has 0 aliphatic carbocycles.